The van der Waals surface area contributed by atoms with Gasteiger partial charge in [-0.05, 0) is 89.9 Å². The zero-order valence-electron chi connectivity index (χ0n) is 40.0. The Hall–Kier alpha value is -3.53. The normalized spacial score (nSPS) is 13.6. The number of ether oxygens (including phenoxy) is 4. The van der Waals surface area contributed by atoms with E-state index in [2.05, 4.69) is 98.9 Å². The summed E-state index contributed by atoms with van der Waals surface area (Å²) in [7, 11) is 5.89. The van der Waals surface area contributed by atoms with Crippen molar-refractivity contribution < 1.29 is 42.9 Å². The first kappa shape index (κ1) is 58.5. The predicted molar refractivity (Wildman–Crippen MR) is 255 cm³/mol. The van der Waals surface area contributed by atoms with Crippen molar-refractivity contribution in [2.45, 2.75) is 187 Å². The number of aliphatic carboxylic acids is 1. The molecule has 0 bridgehead atoms. The smallest absolute Gasteiger partial charge is 0.306 e. The molecule has 0 saturated carbocycles. The summed E-state index contributed by atoms with van der Waals surface area (Å²) in [5.74, 6) is -2.33. The number of likely N-dealkylation sites (N-methyl/N-ethyl adjacent to an activating group) is 1. The number of carboxylic acids is 1. The van der Waals surface area contributed by atoms with Crippen LogP contribution in [0.25, 0.3) is 0 Å². The molecule has 0 aromatic carbocycles. The monoisotopic (exact) mass is 868 g/mol. The van der Waals surface area contributed by atoms with Gasteiger partial charge < -0.3 is 33.3 Å². The number of carbonyl (C=O) groups excluding carboxylic acids is 3. The summed E-state index contributed by atoms with van der Waals surface area (Å²) in [6.07, 6.45) is 53.3. The highest BCUT2D eigenvalue weighted by Crippen LogP contribution is 2.13. The highest BCUT2D eigenvalue weighted by molar-refractivity contribution is 5.70. The highest BCUT2D eigenvalue weighted by Gasteiger charge is 2.21. The van der Waals surface area contributed by atoms with Crippen LogP contribution in [-0.2, 0) is 33.3 Å². The molecule has 354 valence electrons. The van der Waals surface area contributed by atoms with Gasteiger partial charge in [0.1, 0.15) is 13.2 Å². The molecule has 0 N–H and O–H groups in total. The van der Waals surface area contributed by atoms with Gasteiger partial charge >= 0.3 is 11.9 Å². The van der Waals surface area contributed by atoms with E-state index in [-0.39, 0.29) is 38.6 Å². The minimum atomic E-state index is -1.63. The van der Waals surface area contributed by atoms with Gasteiger partial charge in [0.15, 0.2) is 12.4 Å². The Morgan fingerprint density at radius 1 is 0.500 bits per heavy atom. The number of carboxylic acid groups (broad SMARTS) is 1. The van der Waals surface area contributed by atoms with Crippen molar-refractivity contribution in [3.05, 3.63) is 85.1 Å². The molecule has 9 nitrogen and oxygen atoms in total. The van der Waals surface area contributed by atoms with Gasteiger partial charge in [-0.25, -0.2) is 0 Å². The van der Waals surface area contributed by atoms with E-state index in [1.807, 2.05) is 21.1 Å². The van der Waals surface area contributed by atoms with E-state index in [9.17, 15) is 19.5 Å². The summed E-state index contributed by atoms with van der Waals surface area (Å²) >= 11 is 0. The molecule has 0 aliphatic carbocycles. The molecular weight excluding hydrogens is 779 g/mol. The maximum atomic E-state index is 12.8. The SMILES string of the molecule is CC/C=C\C/C=C\C/C=C\C/C=C\C/C=C\C/C=C\CCCCCCCCC(=O)OC(COC(=O)CCCCCCC/C=C\CCCCC)COC(OCC[N+](C)(C)C)C(=O)[O-]. The van der Waals surface area contributed by atoms with Gasteiger partial charge in [-0.15, -0.1) is 0 Å². The van der Waals surface area contributed by atoms with Gasteiger partial charge in [0, 0.05) is 12.8 Å². The lowest BCUT2D eigenvalue weighted by Gasteiger charge is -2.26. The highest BCUT2D eigenvalue weighted by atomic mass is 16.7. The molecule has 0 aliphatic rings. The van der Waals surface area contributed by atoms with E-state index >= 15 is 0 Å². The number of unbranched alkanes of at least 4 members (excludes halogenated alkanes) is 14. The van der Waals surface area contributed by atoms with Crippen molar-refractivity contribution in [3.8, 4) is 0 Å². The number of carbonyl (C=O) groups is 3. The summed E-state index contributed by atoms with van der Waals surface area (Å²) in [6.45, 7) is 4.55. The van der Waals surface area contributed by atoms with Gasteiger partial charge in [0.25, 0.3) is 0 Å². The summed E-state index contributed by atoms with van der Waals surface area (Å²) in [4.78, 5) is 37.0. The number of allylic oxidation sites excluding steroid dienone is 14. The molecule has 0 heterocycles. The Balaban J connectivity index is 4.39. The lowest BCUT2D eigenvalue weighted by atomic mass is 10.1. The number of esters is 2. The first-order valence-corrected chi connectivity index (χ1v) is 24.2. The number of nitrogens with zero attached hydrogens (tertiary/aromatic N) is 1. The molecule has 0 saturated heterocycles. The Morgan fingerprint density at radius 3 is 1.39 bits per heavy atom. The van der Waals surface area contributed by atoms with Crippen LogP contribution in [0.4, 0.5) is 0 Å². The molecule has 9 heteroatoms. The zero-order valence-corrected chi connectivity index (χ0v) is 40.0. The van der Waals surface area contributed by atoms with Gasteiger partial charge in [-0.1, -0.05) is 157 Å². The fourth-order valence-corrected chi connectivity index (χ4v) is 6.12. The molecule has 0 radical (unpaired) electrons. The molecule has 0 spiro atoms. The fourth-order valence-electron chi connectivity index (χ4n) is 6.12. The molecule has 2 unspecified atom stereocenters. The third-order valence-electron chi connectivity index (χ3n) is 9.88. The summed E-state index contributed by atoms with van der Waals surface area (Å²) in [6, 6.07) is 0. The van der Waals surface area contributed by atoms with E-state index in [0.717, 1.165) is 122 Å². The van der Waals surface area contributed by atoms with Gasteiger partial charge in [0.05, 0.1) is 40.3 Å². The van der Waals surface area contributed by atoms with Crippen LogP contribution in [0.3, 0.4) is 0 Å². The maximum Gasteiger partial charge on any atom is 0.306 e. The lowest BCUT2D eigenvalue weighted by Crippen LogP contribution is -2.44. The fraction of sp³-hybridized carbons (Fsp3) is 0.679. The molecule has 0 amide bonds. The second kappa shape index (κ2) is 44.1. The van der Waals surface area contributed by atoms with Crippen LogP contribution in [0, 0.1) is 0 Å². The standard InChI is InChI=1S/C53H89NO8/c1-6-8-10-12-14-16-18-20-21-22-23-24-25-26-27-28-29-30-31-32-34-36-38-40-42-44-51(56)62-49(48-61-53(52(57)58)59-46-45-54(3,4)5)47-60-50(55)43-41-39-37-35-33-19-17-15-13-11-9-7-2/h8,10,14-17,20-21,23-24,26-27,29-30,49,53H,6-7,9,11-13,18-19,22,25,28,31-48H2,1-5H3/b10-8-,16-14-,17-15-,21-20-,24-23-,27-26-,30-29-. The van der Waals surface area contributed by atoms with E-state index in [1.54, 1.807) is 0 Å². The molecule has 0 fully saturated rings. The van der Waals surface area contributed by atoms with E-state index < -0.39 is 24.3 Å². The van der Waals surface area contributed by atoms with Crippen LogP contribution in [-0.4, -0.2) is 82.3 Å². The first-order chi connectivity index (χ1) is 30.1. The van der Waals surface area contributed by atoms with E-state index in [0.29, 0.717) is 17.4 Å². The number of rotatable bonds is 43. The van der Waals surface area contributed by atoms with Gasteiger partial charge in [0.2, 0.25) is 0 Å². The zero-order chi connectivity index (χ0) is 45.6. The third kappa shape index (κ3) is 44.5. The largest absolute Gasteiger partial charge is 0.545 e. The summed E-state index contributed by atoms with van der Waals surface area (Å²) in [5, 5.41) is 11.7. The quantitative estimate of drug-likeness (QED) is 0.0196. The van der Waals surface area contributed by atoms with Crippen LogP contribution >= 0.6 is 0 Å². The first-order valence-electron chi connectivity index (χ1n) is 24.2. The Kier molecular flexibility index (Phi) is 41.6. The summed E-state index contributed by atoms with van der Waals surface area (Å²) < 4.78 is 22.5. The molecule has 0 aromatic heterocycles. The van der Waals surface area contributed by atoms with Crippen LogP contribution in [0.1, 0.15) is 174 Å². The van der Waals surface area contributed by atoms with Crippen LogP contribution in [0.2, 0.25) is 0 Å². The van der Waals surface area contributed by atoms with Gasteiger partial charge in [-0.2, -0.15) is 0 Å². The van der Waals surface area contributed by atoms with E-state index in [4.69, 9.17) is 18.9 Å². The molecular formula is C53H89NO8. The van der Waals surface area contributed by atoms with Gasteiger partial charge in [-0.3, -0.25) is 9.59 Å². The molecule has 62 heavy (non-hydrogen) atoms. The average Bonchev–Trinajstić information content (AvgIpc) is 3.23. The molecule has 0 rings (SSSR count). The molecule has 0 aliphatic heterocycles. The van der Waals surface area contributed by atoms with Crippen molar-refractivity contribution in [1.82, 2.24) is 0 Å². The second-order valence-electron chi connectivity index (χ2n) is 17.0. The Morgan fingerprint density at radius 2 is 0.919 bits per heavy atom. The van der Waals surface area contributed by atoms with Crippen LogP contribution in [0.15, 0.2) is 85.1 Å². The minimum Gasteiger partial charge on any atom is -0.545 e. The average molecular weight is 868 g/mol. The Bertz CT molecular complexity index is 1290. The third-order valence-corrected chi connectivity index (χ3v) is 9.88. The Labute approximate surface area is 379 Å². The van der Waals surface area contributed by atoms with Crippen molar-refractivity contribution >= 4 is 17.9 Å². The molecule has 0 aromatic rings. The maximum absolute atomic E-state index is 12.8. The van der Waals surface area contributed by atoms with Crippen molar-refractivity contribution in [2.24, 2.45) is 0 Å². The van der Waals surface area contributed by atoms with Crippen LogP contribution in [0.5, 0.6) is 0 Å². The predicted octanol–water partition coefficient (Wildman–Crippen LogP) is 11.9. The second-order valence-corrected chi connectivity index (χ2v) is 17.0. The number of hydrogen-bond donors (Lipinski definition) is 0. The number of hydrogen-bond acceptors (Lipinski definition) is 8. The topological polar surface area (TPSA) is 111 Å². The van der Waals surface area contributed by atoms with Crippen LogP contribution < -0.4 is 5.11 Å². The van der Waals surface area contributed by atoms with Crippen molar-refractivity contribution in [3.63, 3.8) is 0 Å². The minimum absolute atomic E-state index is 0.139. The number of quaternary nitrogens is 1. The van der Waals surface area contributed by atoms with E-state index in [1.165, 1.54) is 19.3 Å². The lowest BCUT2D eigenvalue weighted by molar-refractivity contribution is -0.870. The van der Waals surface area contributed by atoms with Crippen molar-refractivity contribution in [1.29, 1.82) is 0 Å². The molecule has 2 atom stereocenters. The van der Waals surface area contributed by atoms with Crippen molar-refractivity contribution in [2.75, 3.05) is 47.5 Å². The summed E-state index contributed by atoms with van der Waals surface area (Å²) in [5.41, 5.74) is 0.